The topological polar surface area (TPSA) is 42.2 Å². The van der Waals surface area contributed by atoms with Crippen LogP contribution in [0.15, 0.2) is 12.8 Å². The third kappa shape index (κ3) is 5.75. The number of hydrogen-bond donors (Lipinski definition) is 0. The first-order chi connectivity index (χ1) is 5.70. The van der Waals surface area contributed by atoms with E-state index in [1.807, 2.05) is 13.8 Å². The first-order valence-electron chi connectivity index (χ1n) is 3.94. The summed E-state index contributed by atoms with van der Waals surface area (Å²) in [7, 11) is 0. The van der Waals surface area contributed by atoms with E-state index < -0.39 is 0 Å². The highest BCUT2D eigenvalue weighted by molar-refractivity contribution is 4.78. The lowest BCUT2D eigenvalue weighted by molar-refractivity contribution is 0.0118. The summed E-state index contributed by atoms with van der Waals surface area (Å²) in [6.45, 7) is 8.08. The van der Waals surface area contributed by atoms with Gasteiger partial charge in [0, 0.05) is 0 Å². The van der Waals surface area contributed by atoms with Gasteiger partial charge in [0.1, 0.15) is 6.61 Å². The van der Waals surface area contributed by atoms with Gasteiger partial charge in [-0.15, -0.1) is 0 Å². The fourth-order valence-corrected chi connectivity index (χ4v) is 0.598. The summed E-state index contributed by atoms with van der Waals surface area (Å²) in [5, 5.41) is 8.45. The number of nitrogens with zero attached hydrogens (tertiary/aromatic N) is 1. The molecule has 0 aliphatic rings. The lowest BCUT2D eigenvalue weighted by Crippen LogP contribution is -2.17. The lowest BCUT2D eigenvalue weighted by atomic mass is 10.2. The van der Waals surface area contributed by atoms with Crippen LogP contribution in [0.4, 0.5) is 0 Å². The maximum atomic E-state index is 8.45. The van der Waals surface area contributed by atoms with Crippen LogP contribution in [0.3, 0.4) is 0 Å². The maximum Gasteiger partial charge on any atom is 0.113 e. The van der Waals surface area contributed by atoms with Crippen LogP contribution >= 0.6 is 0 Å². The predicted molar refractivity (Wildman–Crippen MR) is 46.3 cm³/mol. The normalized spacial score (nSPS) is 14.4. The van der Waals surface area contributed by atoms with E-state index in [4.69, 9.17) is 14.7 Å². The Morgan fingerprint density at radius 2 is 2.17 bits per heavy atom. The molecule has 3 nitrogen and oxygen atoms in total. The van der Waals surface area contributed by atoms with Gasteiger partial charge < -0.3 is 9.47 Å². The standard InChI is InChI=1S/C9H15NO2/c1-4-11-7-9(3)12-6-8(2)5-10/h4,8-9H,1,6-7H2,2-3H3. The molecule has 0 radical (unpaired) electrons. The highest BCUT2D eigenvalue weighted by atomic mass is 16.5. The Morgan fingerprint density at radius 1 is 1.50 bits per heavy atom. The summed E-state index contributed by atoms with van der Waals surface area (Å²) in [4.78, 5) is 0. The molecule has 0 N–H and O–H groups in total. The molecule has 0 saturated heterocycles. The molecule has 68 valence electrons. The Labute approximate surface area is 73.6 Å². The zero-order chi connectivity index (χ0) is 9.40. The monoisotopic (exact) mass is 169 g/mol. The van der Waals surface area contributed by atoms with Crippen LogP contribution in [0.1, 0.15) is 13.8 Å². The molecule has 0 aliphatic heterocycles. The third-order valence-electron chi connectivity index (χ3n) is 1.30. The van der Waals surface area contributed by atoms with Crippen molar-refractivity contribution in [2.45, 2.75) is 20.0 Å². The Balaban J connectivity index is 3.37. The third-order valence-corrected chi connectivity index (χ3v) is 1.30. The summed E-state index contributed by atoms with van der Waals surface area (Å²) >= 11 is 0. The van der Waals surface area contributed by atoms with E-state index in [1.165, 1.54) is 6.26 Å². The molecule has 0 saturated carbocycles. The molecule has 0 aromatic carbocycles. The van der Waals surface area contributed by atoms with Gasteiger partial charge in [-0.05, 0) is 13.8 Å². The van der Waals surface area contributed by atoms with Crippen LogP contribution in [0.2, 0.25) is 0 Å². The van der Waals surface area contributed by atoms with Gasteiger partial charge in [-0.2, -0.15) is 5.26 Å². The van der Waals surface area contributed by atoms with Crippen molar-refractivity contribution in [3.05, 3.63) is 12.8 Å². The molecule has 12 heavy (non-hydrogen) atoms. The molecule has 3 heteroatoms. The van der Waals surface area contributed by atoms with Crippen LogP contribution in [0.5, 0.6) is 0 Å². The van der Waals surface area contributed by atoms with Crippen LogP contribution in [0, 0.1) is 17.2 Å². The van der Waals surface area contributed by atoms with Gasteiger partial charge in [0.05, 0.1) is 31.0 Å². The molecule has 2 atom stereocenters. The van der Waals surface area contributed by atoms with Crippen molar-refractivity contribution in [1.82, 2.24) is 0 Å². The minimum atomic E-state index is -0.0591. The molecule has 2 unspecified atom stereocenters. The zero-order valence-corrected chi connectivity index (χ0v) is 7.62. The molecular formula is C9H15NO2. The van der Waals surface area contributed by atoms with Crippen molar-refractivity contribution in [2.24, 2.45) is 5.92 Å². The van der Waals surface area contributed by atoms with Crippen molar-refractivity contribution in [1.29, 1.82) is 5.26 Å². The predicted octanol–water partition coefficient (Wildman–Crippen LogP) is 1.71. The van der Waals surface area contributed by atoms with Crippen LogP contribution in [0.25, 0.3) is 0 Å². The second-order valence-electron chi connectivity index (χ2n) is 2.67. The molecular weight excluding hydrogens is 154 g/mol. The molecule has 0 spiro atoms. The molecule has 0 aliphatic carbocycles. The fraction of sp³-hybridized carbons (Fsp3) is 0.667. The van der Waals surface area contributed by atoms with Crippen molar-refractivity contribution >= 4 is 0 Å². The fourth-order valence-electron chi connectivity index (χ4n) is 0.598. The Hall–Kier alpha value is -1.01. The summed E-state index contributed by atoms with van der Waals surface area (Å²) in [6, 6.07) is 2.09. The molecule has 0 bridgehead atoms. The number of hydrogen-bond acceptors (Lipinski definition) is 3. The summed E-state index contributed by atoms with van der Waals surface area (Å²) < 4.78 is 10.2. The molecule has 0 rings (SSSR count). The first kappa shape index (κ1) is 11.0. The van der Waals surface area contributed by atoms with E-state index in [-0.39, 0.29) is 12.0 Å². The van der Waals surface area contributed by atoms with Gasteiger partial charge >= 0.3 is 0 Å². The largest absolute Gasteiger partial charge is 0.499 e. The average molecular weight is 169 g/mol. The minimum absolute atomic E-state index is 0.0128. The van der Waals surface area contributed by atoms with E-state index in [0.717, 1.165) is 0 Å². The molecule has 0 amide bonds. The highest BCUT2D eigenvalue weighted by Crippen LogP contribution is 1.98. The maximum absolute atomic E-state index is 8.45. The second-order valence-corrected chi connectivity index (χ2v) is 2.67. The smallest absolute Gasteiger partial charge is 0.113 e. The van der Waals surface area contributed by atoms with Crippen molar-refractivity contribution in [3.8, 4) is 6.07 Å². The first-order valence-corrected chi connectivity index (χ1v) is 3.94. The van der Waals surface area contributed by atoms with E-state index in [1.54, 1.807) is 0 Å². The molecule has 0 aromatic heterocycles. The highest BCUT2D eigenvalue weighted by Gasteiger charge is 2.04. The van der Waals surface area contributed by atoms with Crippen molar-refractivity contribution in [3.63, 3.8) is 0 Å². The average Bonchev–Trinajstić information content (AvgIpc) is 2.10. The van der Waals surface area contributed by atoms with Crippen LogP contribution in [-0.2, 0) is 9.47 Å². The summed E-state index contributed by atoms with van der Waals surface area (Å²) in [5.41, 5.74) is 0. The van der Waals surface area contributed by atoms with E-state index >= 15 is 0 Å². The van der Waals surface area contributed by atoms with Gasteiger partial charge in [-0.25, -0.2) is 0 Å². The Bertz CT molecular complexity index is 162. The Morgan fingerprint density at radius 3 is 2.67 bits per heavy atom. The molecule has 0 fully saturated rings. The van der Waals surface area contributed by atoms with Gasteiger partial charge in [0.2, 0.25) is 0 Å². The SMILES string of the molecule is C=COCC(C)OCC(C)C#N. The number of ether oxygens (including phenoxy) is 2. The lowest BCUT2D eigenvalue weighted by Gasteiger charge is -2.12. The number of nitriles is 1. The van der Waals surface area contributed by atoms with Crippen LogP contribution in [-0.4, -0.2) is 19.3 Å². The van der Waals surface area contributed by atoms with E-state index in [2.05, 4.69) is 12.6 Å². The zero-order valence-electron chi connectivity index (χ0n) is 7.62. The number of rotatable bonds is 6. The molecule has 0 heterocycles. The van der Waals surface area contributed by atoms with Crippen molar-refractivity contribution in [2.75, 3.05) is 13.2 Å². The van der Waals surface area contributed by atoms with Crippen molar-refractivity contribution < 1.29 is 9.47 Å². The van der Waals surface area contributed by atoms with E-state index in [0.29, 0.717) is 13.2 Å². The quantitative estimate of drug-likeness (QED) is 0.568. The summed E-state index contributed by atoms with van der Waals surface area (Å²) in [5.74, 6) is -0.0591. The molecule has 0 aromatic rings. The van der Waals surface area contributed by atoms with Gasteiger partial charge in [-0.1, -0.05) is 6.58 Å². The van der Waals surface area contributed by atoms with Crippen LogP contribution < -0.4 is 0 Å². The minimum Gasteiger partial charge on any atom is -0.499 e. The summed E-state index contributed by atoms with van der Waals surface area (Å²) in [6.07, 6.45) is 1.40. The van der Waals surface area contributed by atoms with Gasteiger partial charge in [-0.3, -0.25) is 0 Å². The van der Waals surface area contributed by atoms with Gasteiger partial charge in [0.15, 0.2) is 0 Å². The van der Waals surface area contributed by atoms with E-state index in [9.17, 15) is 0 Å². The Kier molecular flexibility index (Phi) is 6.12. The van der Waals surface area contributed by atoms with Gasteiger partial charge in [0.25, 0.3) is 0 Å². The second kappa shape index (κ2) is 6.68.